The van der Waals surface area contributed by atoms with E-state index in [1.807, 2.05) is 133 Å². The van der Waals surface area contributed by atoms with E-state index in [4.69, 9.17) is 10.5 Å². The Morgan fingerprint density at radius 2 is 0.944 bits per heavy atom. The largest absolute Gasteiger partial charge is 0.445 e. The molecule has 0 bridgehead atoms. The Morgan fingerprint density at radius 1 is 0.556 bits per heavy atom. The van der Waals surface area contributed by atoms with Gasteiger partial charge in [-0.1, -0.05) is 146 Å². The van der Waals surface area contributed by atoms with Crippen molar-refractivity contribution in [3.05, 3.63) is 108 Å². The lowest BCUT2D eigenvalue weighted by Gasteiger charge is -2.32. The Morgan fingerprint density at radius 3 is 1.32 bits per heavy atom. The van der Waals surface area contributed by atoms with E-state index in [1.165, 1.54) is 9.80 Å². The first-order valence-corrected chi connectivity index (χ1v) is 25.2. The quantitative estimate of drug-likeness (QED) is 0.0766. The first-order valence-electron chi connectivity index (χ1n) is 25.2. The van der Waals surface area contributed by atoms with Crippen LogP contribution in [0.5, 0.6) is 0 Å². The molecule has 72 heavy (non-hydrogen) atoms. The lowest BCUT2D eigenvalue weighted by molar-refractivity contribution is -0.142. The molecule has 3 aromatic carbocycles. The molecule has 394 valence electrons. The molecule has 5 rings (SSSR count). The second-order valence-corrected chi connectivity index (χ2v) is 19.9. The van der Waals surface area contributed by atoms with Crippen molar-refractivity contribution in [1.82, 2.24) is 36.4 Å². The minimum atomic E-state index is -1.47. The highest BCUT2D eigenvalue weighted by Crippen LogP contribution is 2.23. The van der Waals surface area contributed by atoms with Gasteiger partial charge in [-0.25, -0.2) is 4.79 Å². The molecule has 2 aliphatic heterocycles. The molecule has 0 radical (unpaired) electrons. The summed E-state index contributed by atoms with van der Waals surface area (Å²) in [6.07, 6.45) is -1.31. The van der Waals surface area contributed by atoms with E-state index < -0.39 is 72.3 Å². The van der Waals surface area contributed by atoms with E-state index in [2.05, 4.69) is 26.6 Å². The van der Waals surface area contributed by atoms with Crippen LogP contribution in [0.4, 0.5) is 4.79 Å². The number of carbonyl (C=O) groups is 7. The molecule has 7 amide bonds. The average molecular weight is 999 g/mol. The molecule has 2 unspecified atom stereocenters. The number of aliphatic hydroxyl groups excluding tert-OH is 2. The van der Waals surface area contributed by atoms with Crippen LogP contribution >= 0.6 is 0 Å². The molecule has 0 aliphatic carbocycles. The van der Waals surface area contributed by atoms with Crippen LogP contribution in [-0.2, 0) is 53.2 Å². The minimum absolute atomic E-state index is 0.0321. The number of nitrogens with one attached hydrogen (secondary N) is 5. The highest BCUT2D eigenvalue weighted by Gasteiger charge is 2.42. The van der Waals surface area contributed by atoms with Gasteiger partial charge in [-0.15, -0.1) is 0 Å². The summed E-state index contributed by atoms with van der Waals surface area (Å²) < 4.78 is 5.31. The van der Waals surface area contributed by atoms with Crippen molar-refractivity contribution in [3.63, 3.8) is 0 Å². The molecule has 9 N–H and O–H groups in total. The molecule has 18 nitrogen and oxygen atoms in total. The average Bonchev–Trinajstić information content (AvgIpc) is 4.08. The molecule has 3 aromatic rings. The number of nitrogens with two attached hydrogens (primary N) is 1. The fourth-order valence-electron chi connectivity index (χ4n) is 8.51. The van der Waals surface area contributed by atoms with E-state index in [9.17, 15) is 43.8 Å². The van der Waals surface area contributed by atoms with Crippen molar-refractivity contribution in [3.8, 4) is 0 Å². The normalized spacial score (nSPS) is 18.0. The lowest BCUT2D eigenvalue weighted by Crippen LogP contribution is -2.59. The fraction of sp³-hybridized carbons (Fsp3) is 0.537. The second-order valence-electron chi connectivity index (χ2n) is 19.9. The lowest BCUT2D eigenvalue weighted by atomic mass is 9.97. The van der Waals surface area contributed by atoms with Crippen LogP contribution in [0, 0.1) is 23.7 Å². The van der Waals surface area contributed by atoms with Gasteiger partial charge in [0.25, 0.3) is 11.8 Å². The topological polar surface area (TPSA) is 262 Å². The van der Waals surface area contributed by atoms with Gasteiger partial charge in [0.05, 0.1) is 18.1 Å². The molecule has 8 atom stereocenters. The number of likely N-dealkylation sites (tertiary alicyclic amines) is 2. The Hall–Kier alpha value is -6.37. The molecule has 0 spiro atoms. The number of benzene rings is 3. The van der Waals surface area contributed by atoms with Crippen molar-refractivity contribution in [2.45, 2.75) is 149 Å². The zero-order valence-electron chi connectivity index (χ0n) is 43.1. The fourth-order valence-corrected chi connectivity index (χ4v) is 8.51. The maximum atomic E-state index is 13.6. The SMILES string of the molecule is CC(C)[C@H](NC(=O)[C@@H]1CCCN1C(=O)[C@@H](N)C(C)C)C(O)C(=O)NCc1ccccc1.CC(C)[C@H](NC(=O)[C@@H]1CCCN1C(=O)[C@@H](NC(=O)OCc1ccccc1)C(C)C)C(O)C(=O)NCc1ccccc1. The number of nitrogens with zero attached hydrogens (tertiary/aromatic N) is 2. The van der Waals surface area contributed by atoms with Crippen LogP contribution in [-0.4, -0.2) is 123 Å². The summed E-state index contributed by atoms with van der Waals surface area (Å²) >= 11 is 0. The van der Waals surface area contributed by atoms with Crippen molar-refractivity contribution in [2.24, 2.45) is 29.4 Å². The number of carbonyl (C=O) groups excluding carboxylic acids is 7. The van der Waals surface area contributed by atoms with Gasteiger partial charge in [0, 0.05) is 26.2 Å². The summed E-state index contributed by atoms with van der Waals surface area (Å²) in [5.74, 6) is -3.31. The smallest absolute Gasteiger partial charge is 0.408 e. The zero-order chi connectivity index (χ0) is 53.1. The third-order valence-corrected chi connectivity index (χ3v) is 13.0. The Bertz CT molecular complexity index is 2210. The minimum Gasteiger partial charge on any atom is -0.445 e. The number of hydrogen-bond acceptors (Lipinski definition) is 11. The summed E-state index contributed by atoms with van der Waals surface area (Å²) in [4.78, 5) is 93.4. The molecule has 2 saturated heterocycles. The third-order valence-electron chi connectivity index (χ3n) is 13.0. The Labute approximate surface area is 424 Å². The van der Waals surface area contributed by atoms with Gasteiger partial charge in [0.15, 0.2) is 12.2 Å². The number of amides is 7. The molecule has 0 aromatic heterocycles. The van der Waals surface area contributed by atoms with Crippen LogP contribution < -0.4 is 32.3 Å². The van der Waals surface area contributed by atoms with Crippen LogP contribution in [0.1, 0.15) is 97.8 Å². The van der Waals surface area contributed by atoms with Crippen molar-refractivity contribution in [1.29, 1.82) is 0 Å². The molecule has 2 fully saturated rings. The summed E-state index contributed by atoms with van der Waals surface area (Å²) in [6.45, 7) is 16.0. The van der Waals surface area contributed by atoms with Crippen molar-refractivity contribution in [2.75, 3.05) is 13.1 Å². The Kier molecular flexibility index (Phi) is 23.1. The molecule has 0 saturated carbocycles. The predicted octanol–water partition coefficient (Wildman–Crippen LogP) is 3.53. The van der Waals surface area contributed by atoms with Gasteiger partial charge in [0.2, 0.25) is 23.6 Å². The van der Waals surface area contributed by atoms with E-state index in [-0.39, 0.29) is 61.1 Å². The summed E-state index contributed by atoms with van der Waals surface area (Å²) in [6, 6.07) is 23.3. The molecule has 18 heteroatoms. The van der Waals surface area contributed by atoms with Crippen molar-refractivity contribution < 1.29 is 48.5 Å². The highest BCUT2D eigenvalue weighted by molar-refractivity contribution is 5.93. The third kappa shape index (κ3) is 17.2. The number of ether oxygens (including phenoxy) is 1. The van der Waals surface area contributed by atoms with Gasteiger partial charge in [-0.05, 0) is 66.0 Å². The second kappa shape index (κ2) is 28.6. The van der Waals surface area contributed by atoms with Crippen LogP contribution in [0.15, 0.2) is 91.0 Å². The van der Waals surface area contributed by atoms with E-state index in [0.717, 1.165) is 16.7 Å². The number of aliphatic hydroxyl groups is 2. The van der Waals surface area contributed by atoms with E-state index in [1.54, 1.807) is 13.8 Å². The summed E-state index contributed by atoms with van der Waals surface area (Å²) in [7, 11) is 0. The van der Waals surface area contributed by atoms with Gasteiger partial charge in [0.1, 0.15) is 24.7 Å². The molecule has 2 aliphatic rings. The van der Waals surface area contributed by atoms with Crippen molar-refractivity contribution >= 4 is 41.5 Å². The first kappa shape index (κ1) is 58.2. The molecule has 2 heterocycles. The number of rotatable bonds is 21. The predicted molar refractivity (Wildman–Crippen MR) is 273 cm³/mol. The standard InChI is InChI=1S/C31H42N4O6.C23H36N4O4/c1-20(2)25(27(36)29(38)32-18-22-12-7-5-8-13-22)33-28(37)24-16-11-17-35(24)30(39)26(21(3)4)34-31(40)41-19-23-14-9-6-10-15-23;1-14(2)18(24)23(31)27-12-8-11-17(27)21(29)26-19(15(3)4)20(28)22(30)25-13-16-9-6-5-7-10-16/h5-10,12-15,20-21,24-27,36H,11,16-19H2,1-4H3,(H,32,38)(H,33,37)(H,34,40);5-7,9-10,14-15,17-20,28H,8,11-13,24H2,1-4H3,(H,25,30)(H,26,29)/t24-,25-,26-,27?;17-,18-,19-,20?/m00/s1. The van der Waals surface area contributed by atoms with Crippen LogP contribution in [0.3, 0.4) is 0 Å². The highest BCUT2D eigenvalue weighted by atomic mass is 16.5. The van der Waals surface area contributed by atoms with Gasteiger partial charge in [-0.2, -0.15) is 0 Å². The molecular weight excluding hydrogens is 921 g/mol. The summed E-state index contributed by atoms with van der Waals surface area (Å²) in [5, 5.41) is 35.2. The van der Waals surface area contributed by atoms with Crippen LogP contribution in [0.25, 0.3) is 0 Å². The van der Waals surface area contributed by atoms with Gasteiger partial charge < -0.3 is 57.1 Å². The first-order chi connectivity index (χ1) is 34.2. The Balaban J connectivity index is 0.000000325. The molecular formula is C54H78N8O10. The van der Waals surface area contributed by atoms with E-state index in [0.29, 0.717) is 38.8 Å². The van der Waals surface area contributed by atoms with Crippen LogP contribution in [0.2, 0.25) is 0 Å². The number of alkyl carbamates (subject to hydrolysis) is 1. The monoisotopic (exact) mass is 999 g/mol. The van der Waals surface area contributed by atoms with E-state index >= 15 is 0 Å². The number of hydrogen-bond donors (Lipinski definition) is 8. The zero-order valence-corrected chi connectivity index (χ0v) is 43.1. The maximum absolute atomic E-state index is 13.6. The summed E-state index contributed by atoms with van der Waals surface area (Å²) in [5.41, 5.74) is 8.62. The van der Waals surface area contributed by atoms with Gasteiger partial charge >= 0.3 is 6.09 Å². The maximum Gasteiger partial charge on any atom is 0.408 e. The van der Waals surface area contributed by atoms with Gasteiger partial charge in [-0.3, -0.25) is 28.8 Å².